The number of anilines is 2. The molecule has 3 rings (SSSR count). The Labute approximate surface area is 130 Å². The van der Waals surface area contributed by atoms with E-state index >= 15 is 0 Å². The van der Waals surface area contributed by atoms with E-state index < -0.39 is 0 Å². The number of likely N-dealkylation sites (N-methyl/N-ethyl adjacent to an activating group) is 1. The largest absolute Gasteiger partial charge is 0.369 e. The van der Waals surface area contributed by atoms with Crippen LogP contribution in [0.2, 0.25) is 0 Å². The van der Waals surface area contributed by atoms with E-state index in [4.69, 9.17) is 0 Å². The normalized spacial score (nSPS) is 16.6. The van der Waals surface area contributed by atoms with E-state index in [0.717, 1.165) is 43.2 Å². The minimum atomic E-state index is 0.992. The van der Waals surface area contributed by atoms with E-state index in [0.29, 0.717) is 0 Å². The molecule has 1 aromatic carbocycles. The zero-order valence-corrected chi connectivity index (χ0v) is 13.7. The number of nitrogens with one attached hydrogen (secondary N) is 1. The summed E-state index contributed by atoms with van der Waals surface area (Å²) in [6.45, 7) is 11.2. The van der Waals surface area contributed by atoms with Gasteiger partial charge in [-0.3, -0.25) is 0 Å². The van der Waals surface area contributed by atoms with Crippen molar-refractivity contribution in [3.05, 3.63) is 18.2 Å². The van der Waals surface area contributed by atoms with Crippen LogP contribution in [0, 0.1) is 0 Å². The number of nitrogens with zero attached hydrogens (tertiary/aromatic N) is 3. The lowest BCUT2D eigenvalue weighted by Crippen LogP contribution is -2.46. The summed E-state index contributed by atoms with van der Waals surface area (Å²) in [4.78, 5) is 9.64. The fourth-order valence-electron chi connectivity index (χ4n) is 2.74. The van der Waals surface area contributed by atoms with Gasteiger partial charge in [-0.2, -0.15) is 0 Å². The van der Waals surface area contributed by atoms with Crippen molar-refractivity contribution in [2.24, 2.45) is 0 Å². The van der Waals surface area contributed by atoms with E-state index in [-0.39, 0.29) is 0 Å². The molecule has 0 bridgehead atoms. The van der Waals surface area contributed by atoms with Crippen LogP contribution in [-0.4, -0.2) is 49.2 Å². The summed E-state index contributed by atoms with van der Waals surface area (Å²) in [7, 11) is 0. The summed E-state index contributed by atoms with van der Waals surface area (Å²) < 4.78 is 1.28. The standard InChI is InChI=1S/C16H24N4S/c1-3-7-17-16-18-14-6-5-13(12-15(14)21-16)20-10-8-19(4-2)9-11-20/h5-6,12H,3-4,7-11H2,1-2H3,(H,17,18). The average molecular weight is 304 g/mol. The van der Waals surface area contributed by atoms with Crippen LogP contribution in [0.25, 0.3) is 10.2 Å². The number of fused-ring (bicyclic) bond motifs is 1. The molecule has 1 aromatic heterocycles. The smallest absolute Gasteiger partial charge is 0.183 e. The lowest BCUT2D eigenvalue weighted by atomic mass is 10.2. The third-order valence-corrected chi connectivity index (χ3v) is 5.06. The number of thiazole rings is 1. The van der Waals surface area contributed by atoms with E-state index in [1.54, 1.807) is 11.3 Å². The SMILES string of the molecule is CCCNc1nc2ccc(N3CCN(CC)CC3)cc2s1. The molecule has 0 radical (unpaired) electrons. The van der Waals surface area contributed by atoms with Crippen molar-refractivity contribution in [2.75, 3.05) is 49.5 Å². The molecular formula is C16H24N4S. The first-order valence-electron chi connectivity index (χ1n) is 7.92. The van der Waals surface area contributed by atoms with E-state index in [9.17, 15) is 0 Å². The Hall–Kier alpha value is -1.33. The summed E-state index contributed by atoms with van der Waals surface area (Å²) >= 11 is 1.76. The predicted molar refractivity (Wildman–Crippen MR) is 92.7 cm³/mol. The van der Waals surface area contributed by atoms with Gasteiger partial charge in [0.15, 0.2) is 5.13 Å². The minimum Gasteiger partial charge on any atom is -0.369 e. The highest BCUT2D eigenvalue weighted by Gasteiger charge is 2.16. The van der Waals surface area contributed by atoms with E-state index in [2.05, 4.69) is 52.1 Å². The highest BCUT2D eigenvalue weighted by Crippen LogP contribution is 2.30. The van der Waals surface area contributed by atoms with Gasteiger partial charge >= 0.3 is 0 Å². The molecule has 0 unspecified atom stereocenters. The van der Waals surface area contributed by atoms with Crippen LogP contribution in [0.15, 0.2) is 18.2 Å². The van der Waals surface area contributed by atoms with Gasteiger partial charge in [0.2, 0.25) is 0 Å². The quantitative estimate of drug-likeness (QED) is 0.919. The number of hydrogen-bond acceptors (Lipinski definition) is 5. The van der Waals surface area contributed by atoms with Crippen molar-refractivity contribution in [1.82, 2.24) is 9.88 Å². The van der Waals surface area contributed by atoms with Crippen LogP contribution >= 0.6 is 11.3 Å². The molecular weight excluding hydrogens is 280 g/mol. The zero-order chi connectivity index (χ0) is 14.7. The molecule has 1 aliphatic rings. The molecule has 21 heavy (non-hydrogen) atoms. The summed E-state index contributed by atoms with van der Waals surface area (Å²) in [5.74, 6) is 0. The first kappa shape index (κ1) is 14.6. The molecule has 2 aromatic rings. The molecule has 114 valence electrons. The Bertz CT molecular complexity index is 587. The molecule has 5 heteroatoms. The lowest BCUT2D eigenvalue weighted by molar-refractivity contribution is 0.271. The van der Waals surface area contributed by atoms with Gasteiger partial charge in [0, 0.05) is 38.4 Å². The summed E-state index contributed by atoms with van der Waals surface area (Å²) in [6, 6.07) is 6.67. The van der Waals surface area contributed by atoms with Crippen LogP contribution in [0.5, 0.6) is 0 Å². The number of benzene rings is 1. The number of aromatic nitrogens is 1. The highest BCUT2D eigenvalue weighted by atomic mass is 32.1. The molecule has 4 nitrogen and oxygen atoms in total. The Balaban J connectivity index is 1.74. The van der Waals surface area contributed by atoms with Gasteiger partial charge < -0.3 is 15.1 Å². The number of rotatable bonds is 5. The summed E-state index contributed by atoms with van der Waals surface area (Å²) in [6.07, 6.45) is 1.13. The molecule has 1 N–H and O–H groups in total. The second-order valence-corrected chi connectivity index (χ2v) is 6.55. The maximum absolute atomic E-state index is 4.64. The van der Waals surface area contributed by atoms with E-state index in [1.165, 1.54) is 23.5 Å². The minimum absolute atomic E-state index is 0.992. The number of hydrogen-bond donors (Lipinski definition) is 1. The van der Waals surface area contributed by atoms with Crippen LogP contribution in [-0.2, 0) is 0 Å². The second-order valence-electron chi connectivity index (χ2n) is 5.52. The summed E-state index contributed by atoms with van der Waals surface area (Å²) in [5, 5.41) is 4.42. The van der Waals surface area contributed by atoms with Gasteiger partial charge in [-0.25, -0.2) is 4.98 Å². The molecule has 0 aliphatic carbocycles. The molecule has 1 fully saturated rings. The Morgan fingerprint density at radius 2 is 2.00 bits per heavy atom. The molecule has 0 amide bonds. The monoisotopic (exact) mass is 304 g/mol. The first-order valence-corrected chi connectivity index (χ1v) is 8.73. The maximum Gasteiger partial charge on any atom is 0.183 e. The topological polar surface area (TPSA) is 31.4 Å². The molecule has 1 aliphatic heterocycles. The van der Waals surface area contributed by atoms with Crippen molar-refractivity contribution in [2.45, 2.75) is 20.3 Å². The van der Waals surface area contributed by atoms with E-state index in [1.807, 2.05) is 0 Å². The zero-order valence-electron chi connectivity index (χ0n) is 12.9. The number of piperazine rings is 1. The van der Waals surface area contributed by atoms with Gasteiger partial charge in [-0.1, -0.05) is 25.2 Å². The van der Waals surface area contributed by atoms with Crippen LogP contribution < -0.4 is 10.2 Å². The molecule has 1 saturated heterocycles. The molecule has 0 spiro atoms. The van der Waals surface area contributed by atoms with Crippen molar-refractivity contribution in [1.29, 1.82) is 0 Å². The molecule has 0 atom stereocenters. The van der Waals surface area contributed by atoms with Crippen molar-refractivity contribution in [3.63, 3.8) is 0 Å². The van der Waals surface area contributed by atoms with Gasteiger partial charge in [0.05, 0.1) is 10.2 Å². The molecule has 0 saturated carbocycles. The first-order chi connectivity index (χ1) is 10.3. The van der Waals surface area contributed by atoms with Crippen molar-refractivity contribution < 1.29 is 0 Å². The van der Waals surface area contributed by atoms with Crippen LogP contribution in [0.4, 0.5) is 10.8 Å². The average Bonchev–Trinajstić information content (AvgIpc) is 2.95. The molecule has 2 heterocycles. The Morgan fingerprint density at radius 1 is 1.19 bits per heavy atom. The Kier molecular flexibility index (Phi) is 4.60. The second kappa shape index (κ2) is 6.62. The van der Waals surface area contributed by atoms with Crippen LogP contribution in [0.1, 0.15) is 20.3 Å². The van der Waals surface area contributed by atoms with Gasteiger partial charge in [0.1, 0.15) is 0 Å². The fourth-order valence-corrected chi connectivity index (χ4v) is 3.66. The van der Waals surface area contributed by atoms with Gasteiger partial charge in [0.25, 0.3) is 0 Å². The highest BCUT2D eigenvalue weighted by molar-refractivity contribution is 7.22. The lowest BCUT2D eigenvalue weighted by Gasteiger charge is -2.35. The third kappa shape index (κ3) is 3.30. The third-order valence-electron chi connectivity index (χ3n) is 4.08. The predicted octanol–water partition coefficient (Wildman–Crippen LogP) is 3.26. The Morgan fingerprint density at radius 3 is 2.71 bits per heavy atom. The van der Waals surface area contributed by atoms with Crippen molar-refractivity contribution in [3.8, 4) is 0 Å². The fraction of sp³-hybridized carbons (Fsp3) is 0.562. The van der Waals surface area contributed by atoms with Crippen LogP contribution in [0.3, 0.4) is 0 Å². The van der Waals surface area contributed by atoms with Crippen molar-refractivity contribution >= 4 is 32.4 Å². The van der Waals surface area contributed by atoms with Gasteiger partial charge in [-0.05, 0) is 31.2 Å². The summed E-state index contributed by atoms with van der Waals surface area (Å²) in [5.41, 5.74) is 2.44. The maximum atomic E-state index is 4.64. The van der Waals surface area contributed by atoms with Gasteiger partial charge in [-0.15, -0.1) is 0 Å².